The molecule has 0 atom stereocenters. The van der Waals surface area contributed by atoms with Crippen molar-refractivity contribution in [2.24, 2.45) is 0 Å². The third-order valence-corrected chi connectivity index (χ3v) is 11.8. The van der Waals surface area contributed by atoms with Crippen molar-refractivity contribution in [3.05, 3.63) is 180 Å². The van der Waals surface area contributed by atoms with E-state index in [0.29, 0.717) is 0 Å². The van der Waals surface area contributed by atoms with Crippen LogP contribution in [-0.4, -0.2) is 0 Å². The van der Waals surface area contributed by atoms with E-state index in [9.17, 15) is 0 Å². The van der Waals surface area contributed by atoms with Gasteiger partial charge in [0.1, 0.15) is 0 Å². The minimum absolute atomic E-state index is 0.168. The Morgan fingerprint density at radius 1 is 0.306 bits per heavy atom. The van der Waals surface area contributed by atoms with Gasteiger partial charge >= 0.3 is 0 Å². The molecule has 0 radical (unpaired) electrons. The molecule has 0 bridgehead atoms. The van der Waals surface area contributed by atoms with Gasteiger partial charge in [-0.3, -0.25) is 0 Å². The van der Waals surface area contributed by atoms with Gasteiger partial charge in [-0.2, -0.15) is 0 Å². The highest BCUT2D eigenvalue weighted by molar-refractivity contribution is 5.91. The van der Waals surface area contributed by atoms with Crippen molar-refractivity contribution in [3.8, 4) is 66.8 Å². The van der Waals surface area contributed by atoms with Gasteiger partial charge in [0, 0.05) is 5.41 Å². The van der Waals surface area contributed by atoms with Gasteiger partial charge in [-0.25, -0.2) is 0 Å². The van der Waals surface area contributed by atoms with Gasteiger partial charge in [0.05, 0.1) is 0 Å². The van der Waals surface area contributed by atoms with Crippen LogP contribution < -0.4 is 0 Å². The predicted octanol–water partition coefficient (Wildman–Crippen LogP) is 13.2. The molecule has 0 unspecified atom stereocenters. The Bertz CT molecular complexity index is 2370. The zero-order valence-corrected chi connectivity index (χ0v) is 27.8. The Balaban J connectivity index is 1.01. The Morgan fingerprint density at radius 2 is 0.796 bits per heavy atom. The number of hydrogen-bond acceptors (Lipinski definition) is 0. The summed E-state index contributed by atoms with van der Waals surface area (Å²) in [6, 6.07) is 59.2. The van der Waals surface area contributed by atoms with Crippen LogP contribution in [0.4, 0.5) is 0 Å². The fraction of sp³-hybridized carbons (Fsp3) is 0.143. The maximum atomic E-state index is 2.58. The molecule has 0 heteroatoms. The first kappa shape index (κ1) is 28.5. The maximum Gasteiger partial charge on any atom is 0.0215 e. The monoisotopic (exact) mass is 626 g/mol. The molecule has 0 aliphatic heterocycles. The van der Waals surface area contributed by atoms with Crippen LogP contribution in [-0.2, 0) is 11.8 Å². The SMILES string of the molecule is c1ccc(-c2ccc(-c3cccc(-c4cccc5c4Cc4c(-c6ccc7c(c6)C6(CCCCC6)c6ccccc6-7)cccc4-5)c3)cc2)cc1. The van der Waals surface area contributed by atoms with Gasteiger partial charge < -0.3 is 0 Å². The van der Waals surface area contributed by atoms with Gasteiger partial charge in [-0.05, 0) is 120 Å². The first-order chi connectivity index (χ1) is 24.3. The van der Waals surface area contributed by atoms with Gasteiger partial charge in [0.2, 0.25) is 0 Å². The van der Waals surface area contributed by atoms with Crippen molar-refractivity contribution in [1.82, 2.24) is 0 Å². The molecule has 1 saturated carbocycles. The lowest BCUT2D eigenvalue weighted by Crippen LogP contribution is -2.28. The Hall–Kier alpha value is -5.46. The molecular weight excluding hydrogens is 589 g/mol. The number of rotatable bonds is 4. The predicted molar refractivity (Wildman–Crippen MR) is 206 cm³/mol. The van der Waals surface area contributed by atoms with Crippen LogP contribution in [0.3, 0.4) is 0 Å². The van der Waals surface area contributed by atoms with Crippen LogP contribution in [0.25, 0.3) is 66.8 Å². The third kappa shape index (κ3) is 4.51. The Kier molecular flexibility index (Phi) is 6.59. The van der Waals surface area contributed by atoms with Crippen molar-refractivity contribution in [3.63, 3.8) is 0 Å². The van der Waals surface area contributed by atoms with Crippen molar-refractivity contribution < 1.29 is 0 Å². The summed E-state index contributed by atoms with van der Waals surface area (Å²) in [5.41, 5.74) is 22.2. The molecule has 1 fully saturated rings. The fourth-order valence-corrected chi connectivity index (χ4v) is 9.45. The molecule has 0 amide bonds. The molecule has 3 aliphatic rings. The minimum atomic E-state index is 0.168. The first-order valence-electron chi connectivity index (χ1n) is 18.0. The summed E-state index contributed by atoms with van der Waals surface area (Å²) in [7, 11) is 0. The van der Waals surface area contributed by atoms with Crippen molar-refractivity contribution in [2.45, 2.75) is 43.9 Å². The Labute approximate surface area is 289 Å². The molecule has 49 heavy (non-hydrogen) atoms. The lowest BCUT2D eigenvalue weighted by atomic mass is 9.67. The molecule has 0 heterocycles. The maximum absolute atomic E-state index is 2.58. The average Bonchev–Trinajstić information content (AvgIpc) is 3.69. The summed E-state index contributed by atoms with van der Waals surface area (Å²) in [5.74, 6) is 0. The van der Waals surface area contributed by atoms with E-state index in [1.54, 1.807) is 11.1 Å². The van der Waals surface area contributed by atoms with Crippen molar-refractivity contribution in [1.29, 1.82) is 0 Å². The number of hydrogen-bond donors (Lipinski definition) is 0. The summed E-state index contributed by atoms with van der Waals surface area (Å²) in [5, 5.41) is 0. The van der Waals surface area contributed by atoms with Crippen LogP contribution in [0.15, 0.2) is 158 Å². The van der Waals surface area contributed by atoms with E-state index in [-0.39, 0.29) is 5.41 Å². The summed E-state index contributed by atoms with van der Waals surface area (Å²) < 4.78 is 0. The van der Waals surface area contributed by atoms with Crippen LogP contribution in [0.2, 0.25) is 0 Å². The van der Waals surface area contributed by atoms with Crippen molar-refractivity contribution in [2.75, 3.05) is 0 Å². The minimum Gasteiger partial charge on any atom is -0.0622 e. The van der Waals surface area contributed by atoms with E-state index in [4.69, 9.17) is 0 Å². The number of fused-ring (bicyclic) bond motifs is 8. The quantitative estimate of drug-likeness (QED) is 0.182. The average molecular weight is 627 g/mol. The molecule has 7 aromatic rings. The molecule has 0 N–H and O–H groups in total. The van der Waals surface area contributed by atoms with Crippen LogP contribution >= 0.6 is 0 Å². The number of benzene rings is 7. The molecule has 10 rings (SSSR count). The summed E-state index contributed by atoms with van der Waals surface area (Å²) in [6.45, 7) is 0. The van der Waals surface area contributed by atoms with Crippen LogP contribution in [0.1, 0.15) is 54.4 Å². The van der Waals surface area contributed by atoms with E-state index >= 15 is 0 Å². The van der Waals surface area contributed by atoms with Crippen LogP contribution in [0.5, 0.6) is 0 Å². The summed E-state index contributed by atoms with van der Waals surface area (Å²) in [6.07, 6.45) is 7.47. The largest absolute Gasteiger partial charge is 0.0622 e. The lowest BCUT2D eigenvalue weighted by Gasteiger charge is -2.36. The second-order valence-electron chi connectivity index (χ2n) is 14.3. The molecule has 0 aromatic heterocycles. The second-order valence-corrected chi connectivity index (χ2v) is 14.3. The molecule has 0 nitrogen and oxygen atoms in total. The van der Waals surface area contributed by atoms with Gasteiger partial charge in [-0.1, -0.05) is 165 Å². The van der Waals surface area contributed by atoms with Crippen LogP contribution in [0, 0.1) is 0 Å². The van der Waals surface area contributed by atoms with Gasteiger partial charge in [-0.15, -0.1) is 0 Å². The summed E-state index contributed by atoms with van der Waals surface area (Å²) in [4.78, 5) is 0. The normalized spacial score (nSPS) is 15.0. The van der Waals surface area contributed by atoms with E-state index in [1.165, 1.54) is 110 Å². The van der Waals surface area contributed by atoms with E-state index in [0.717, 1.165) is 6.42 Å². The second kappa shape index (κ2) is 11.3. The van der Waals surface area contributed by atoms with Gasteiger partial charge in [0.15, 0.2) is 0 Å². The zero-order valence-electron chi connectivity index (χ0n) is 27.8. The highest BCUT2D eigenvalue weighted by atomic mass is 14.5. The van der Waals surface area contributed by atoms with Gasteiger partial charge in [0.25, 0.3) is 0 Å². The first-order valence-corrected chi connectivity index (χ1v) is 18.0. The molecule has 3 aliphatic carbocycles. The molecule has 0 saturated heterocycles. The van der Waals surface area contributed by atoms with E-state index < -0.39 is 0 Å². The molecule has 234 valence electrons. The highest BCUT2D eigenvalue weighted by Gasteiger charge is 2.43. The highest BCUT2D eigenvalue weighted by Crippen LogP contribution is 2.56. The summed E-state index contributed by atoms with van der Waals surface area (Å²) >= 11 is 0. The smallest absolute Gasteiger partial charge is 0.0215 e. The topological polar surface area (TPSA) is 0 Å². The fourth-order valence-electron chi connectivity index (χ4n) is 9.45. The molecule has 1 spiro atoms. The van der Waals surface area contributed by atoms with Crippen molar-refractivity contribution >= 4 is 0 Å². The van der Waals surface area contributed by atoms with E-state index in [1.807, 2.05) is 0 Å². The zero-order chi connectivity index (χ0) is 32.4. The third-order valence-electron chi connectivity index (χ3n) is 11.8. The van der Waals surface area contributed by atoms with E-state index in [2.05, 4.69) is 158 Å². The molecule has 7 aromatic carbocycles. The lowest BCUT2D eigenvalue weighted by molar-refractivity contribution is 0.353. The standard InChI is InChI=1S/C49H38/c1-3-12-33(13-4-1)34-22-24-35(25-23-34)36-14-9-15-37(30-36)39-17-10-19-41-42-20-11-18-40(46(42)32-45(39)41)38-26-27-44-43-16-5-6-21-47(43)49(48(44)31-38)28-7-2-8-29-49/h1,3-6,9-27,30-31H,2,7-8,28-29,32H2. The Morgan fingerprint density at radius 3 is 1.53 bits per heavy atom. The molecular formula is C49H38.